The first-order valence-electron chi connectivity index (χ1n) is 3.33. The second-order valence-electron chi connectivity index (χ2n) is 2.45. The van der Waals surface area contributed by atoms with E-state index in [9.17, 15) is 0 Å². The van der Waals surface area contributed by atoms with E-state index >= 15 is 0 Å². The molecule has 0 amide bonds. The van der Waals surface area contributed by atoms with Crippen molar-refractivity contribution in [1.82, 2.24) is 15.3 Å². The summed E-state index contributed by atoms with van der Waals surface area (Å²) in [5, 5.41) is 16.0. The smallest absolute Gasteiger partial charge is 0.0718 e. The van der Waals surface area contributed by atoms with Gasteiger partial charge < -0.3 is 10.5 Å². The van der Waals surface area contributed by atoms with E-state index in [1.807, 2.05) is 0 Å². The first-order chi connectivity index (χ1) is 4.86. The largest absolute Gasteiger partial charge is 0.412 e. The van der Waals surface area contributed by atoms with Crippen molar-refractivity contribution in [1.29, 1.82) is 0 Å². The number of hydrogen-bond donors (Lipinski definition) is 2. The average Bonchev–Trinajstić information content (AvgIpc) is 2.27. The molecule has 2 heterocycles. The molecule has 11 heavy (non-hydrogen) atoms. The lowest BCUT2D eigenvalue weighted by atomic mass is 10.1. The molecule has 0 spiro atoms. The highest BCUT2D eigenvalue weighted by atomic mass is 79.9. The Hall–Kier alpha value is -0.550. The van der Waals surface area contributed by atoms with Crippen LogP contribution in [0.4, 0.5) is 0 Å². The lowest BCUT2D eigenvalue weighted by Crippen LogP contribution is -2.22. The van der Waals surface area contributed by atoms with E-state index in [0.29, 0.717) is 0 Å². The minimum absolute atomic E-state index is 0. The summed E-state index contributed by atoms with van der Waals surface area (Å²) in [7, 11) is 0. The predicted octanol–water partition coefficient (Wildman–Crippen LogP) is 0.344. The highest BCUT2D eigenvalue weighted by Crippen LogP contribution is 2.09. The van der Waals surface area contributed by atoms with E-state index in [1.54, 1.807) is 6.20 Å². The van der Waals surface area contributed by atoms with Crippen LogP contribution in [0.2, 0.25) is 0 Å². The third-order valence-electron chi connectivity index (χ3n) is 1.72. The number of nitrogens with zero attached hydrogens (tertiary/aromatic N) is 2. The molecule has 1 aliphatic heterocycles. The third kappa shape index (κ3) is 1.54. The molecule has 0 aromatic carbocycles. The van der Waals surface area contributed by atoms with E-state index in [0.717, 1.165) is 35.6 Å². The Morgan fingerprint density at radius 3 is 3.18 bits per heavy atom. The molecule has 0 saturated heterocycles. The van der Waals surface area contributed by atoms with E-state index < -0.39 is 0 Å². The van der Waals surface area contributed by atoms with Crippen molar-refractivity contribution in [2.24, 2.45) is 0 Å². The molecule has 0 bridgehead atoms. The van der Waals surface area contributed by atoms with Crippen LogP contribution in [0.5, 0.6) is 0 Å². The molecule has 2 N–H and O–H groups in total. The van der Waals surface area contributed by atoms with Crippen LogP contribution in [-0.4, -0.2) is 21.7 Å². The molecule has 0 saturated carbocycles. The first kappa shape index (κ1) is 8.55. The van der Waals surface area contributed by atoms with E-state index in [4.69, 9.17) is 5.21 Å². The zero-order chi connectivity index (χ0) is 6.97. The summed E-state index contributed by atoms with van der Waals surface area (Å²) in [6.45, 7) is 1.79. The predicted molar refractivity (Wildman–Crippen MR) is 45.1 cm³/mol. The summed E-state index contributed by atoms with van der Waals surface area (Å²) in [6.07, 6.45) is 2.56. The van der Waals surface area contributed by atoms with Gasteiger partial charge in [0.05, 0.1) is 11.9 Å². The number of rotatable bonds is 0. The van der Waals surface area contributed by atoms with Gasteiger partial charge in [-0.25, -0.2) is 0 Å². The van der Waals surface area contributed by atoms with Crippen molar-refractivity contribution in [3.8, 4) is 0 Å². The fraction of sp³-hybridized carbons (Fsp3) is 0.500. The van der Waals surface area contributed by atoms with Gasteiger partial charge in [0.15, 0.2) is 0 Å². The molecule has 0 radical (unpaired) electrons. The first-order valence-corrected chi connectivity index (χ1v) is 3.33. The Balaban J connectivity index is 0.000000605. The molecule has 5 heteroatoms. The molecular weight excluding hydrogens is 210 g/mol. The summed E-state index contributed by atoms with van der Waals surface area (Å²) < 4.78 is 0. The van der Waals surface area contributed by atoms with E-state index in [-0.39, 0.29) is 17.0 Å². The number of aromatic nitrogens is 2. The number of nitrogens with one attached hydrogen (secondary N) is 1. The lowest BCUT2D eigenvalue weighted by molar-refractivity contribution is 0.147. The Kier molecular flexibility index (Phi) is 2.51. The summed E-state index contributed by atoms with van der Waals surface area (Å²) in [6, 6.07) is 0. The molecule has 62 valence electrons. The Morgan fingerprint density at radius 2 is 2.45 bits per heavy atom. The van der Waals surface area contributed by atoms with Crippen LogP contribution in [0.15, 0.2) is 6.20 Å². The highest BCUT2D eigenvalue weighted by molar-refractivity contribution is 8.93. The van der Waals surface area contributed by atoms with Crippen LogP contribution in [0, 0.1) is 0 Å². The molecule has 0 atom stereocenters. The zero-order valence-electron chi connectivity index (χ0n) is 5.95. The zero-order valence-corrected chi connectivity index (χ0v) is 7.66. The minimum atomic E-state index is 0. The van der Waals surface area contributed by atoms with Crippen LogP contribution in [0.1, 0.15) is 11.3 Å². The van der Waals surface area contributed by atoms with E-state index in [2.05, 4.69) is 10.4 Å². The van der Waals surface area contributed by atoms with Gasteiger partial charge in [0.1, 0.15) is 0 Å². The van der Waals surface area contributed by atoms with Gasteiger partial charge in [-0.15, -0.1) is 26.9 Å². The maximum atomic E-state index is 8.90. The van der Waals surface area contributed by atoms with Gasteiger partial charge in [0.2, 0.25) is 0 Å². The van der Waals surface area contributed by atoms with Crippen molar-refractivity contribution in [2.75, 3.05) is 6.54 Å². The van der Waals surface area contributed by atoms with Gasteiger partial charge in [-0.1, -0.05) is 0 Å². The SMILES string of the molecule is Br.On1cc2c(n1)CCNC2. The summed E-state index contributed by atoms with van der Waals surface area (Å²) in [4.78, 5) is 0.887. The van der Waals surface area contributed by atoms with Crippen LogP contribution < -0.4 is 5.32 Å². The fourth-order valence-electron chi connectivity index (χ4n) is 1.22. The molecule has 0 aliphatic carbocycles. The Morgan fingerprint density at radius 1 is 1.64 bits per heavy atom. The van der Waals surface area contributed by atoms with Crippen LogP contribution in [0.3, 0.4) is 0 Å². The standard InChI is InChI=1S/C6H9N3O.BrH/c10-9-4-5-3-7-2-1-6(5)8-9;/h4,7,10H,1-3H2;1H. The van der Waals surface area contributed by atoms with Crippen molar-refractivity contribution in [3.63, 3.8) is 0 Å². The van der Waals surface area contributed by atoms with Crippen molar-refractivity contribution >= 4 is 17.0 Å². The molecule has 2 rings (SSSR count). The molecule has 1 aliphatic rings. The Labute approximate surface area is 74.9 Å². The Bertz CT molecular complexity index is 224. The number of hydrogen-bond acceptors (Lipinski definition) is 3. The van der Waals surface area contributed by atoms with E-state index in [1.165, 1.54) is 0 Å². The topological polar surface area (TPSA) is 50.1 Å². The molecule has 1 aromatic heterocycles. The maximum absolute atomic E-state index is 8.90. The summed E-state index contributed by atoms with van der Waals surface area (Å²) in [5.74, 6) is 0. The maximum Gasteiger partial charge on any atom is 0.0718 e. The van der Waals surface area contributed by atoms with Crippen molar-refractivity contribution < 1.29 is 5.21 Å². The van der Waals surface area contributed by atoms with Crippen molar-refractivity contribution in [3.05, 3.63) is 17.5 Å². The second kappa shape index (κ2) is 3.23. The molecule has 4 nitrogen and oxygen atoms in total. The van der Waals surface area contributed by atoms with Gasteiger partial charge in [0, 0.05) is 25.1 Å². The molecule has 0 fully saturated rings. The second-order valence-corrected chi connectivity index (χ2v) is 2.45. The molecule has 0 unspecified atom stereocenters. The molecular formula is C6H10BrN3O. The monoisotopic (exact) mass is 219 g/mol. The third-order valence-corrected chi connectivity index (χ3v) is 1.72. The van der Waals surface area contributed by atoms with Crippen LogP contribution >= 0.6 is 17.0 Å². The molecule has 1 aromatic rings. The summed E-state index contributed by atoms with van der Waals surface area (Å²) in [5.41, 5.74) is 2.12. The highest BCUT2D eigenvalue weighted by Gasteiger charge is 2.11. The van der Waals surface area contributed by atoms with Crippen LogP contribution in [-0.2, 0) is 13.0 Å². The van der Waals surface area contributed by atoms with Gasteiger partial charge in [0.25, 0.3) is 0 Å². The summed E-state index contributed by atoms with van der Waals surface area (Å²) >= 11 is 0. The van der Waals surface area contributed by atoms with Gasteiger partial charge >= 0.3 is 0 Å². The van der Waals surface area contributed by atoms with Gasteiger partial charge in [-0.2, -0.15) is 0 Å². The van der Waals surface area contributed by atoms with Crippen LogP contribution in [0.25, 0.3) is 0 Å². The van der Waals surface area contributed by atoms with Gasteiger partial charge in [-0.05, 0) is 0 Å². The fourth-order valence-corrected chi connectivity index (χ4v) is 1.22. The van der Waals surface area contributed by atoms with Gasteiger partial charge in [-0.3, -0.25) is 0 Å². The normalized spacial score (nSPS) is 15.3. The lowest BCUT2D eigenvalue weighted by Gasteiger charge is -2.09. The quantitative estimate of drug-likeness (QED) is 0.620. The van der Waals surface area contributed by atoms with Crippen molar-refractivity contribution in [2.45, 2.75) is 13.0 Å². The minimum Gasteiger partial charge on any atom is -0.412 e. The average molecular weight is 220 g/mol. The number of fused-ring (bicyclic) bond motifs is 1. The number of halogens is 1.